The average molecular weight is 381 g/mol. The highest BCUT2D eigenvalue weighted by molar-refractivity contribution is 7.46. The van der Waals surface area contributed by atoms with Crippen LogP contribution in [0.2, 0.25) is 0 Å². The molecule has 1 saturated carbocycles. The fourth-order valence-electron chi connectivity index (χ4n) is 1.57. The summed E-state index contributed by atoms with van der Waals surface area (Å²) in [6.45, 7) is -1.85. The van der Waals surface area contributed by atoms with Gasteiger partial charge in [0, 0.05) is 0 Å². The van der Waals surface area contributed by atoms with Gasteiger partial charge in [0.05, 0.1) is 25.4 Å². The quantitative estimate of drug-likeness (QED) is 0.198. The largest absolute Gasteiger partial charge is 0.469 e. The van der Waals surface area contributed by atoms with Gasteiger partial charge in [0.15, 0.2) is 0 Å². The summed E-state index contributed by atoms with van der Waals surface area (Å²) in [5.74, 6) is 0. The van der Waals surface area contributed by atoms with E-state index in [0.29, 0.717) is 0 Å². The molecule has 0 saturated heterocycles. The van der Waals surface area contributed by atoms with Crippen LogP contribution < -0.4 is 5.73 Å². The summed E-state index contributed by atoms with van der Waals surface area (Å²) in [5, 5.41) is 71.0. The molecule has 0 aromatic heterocycles. The van der Waals surface area contributed by atoms with Gasteiger partial charge in [-0.15, -0.1) is 0 Å². The fourth-order valence-corrected chi connectivity index (χ4v) is 1.99. The van der Waals surface area contributed by atoms with Crippen molar-refractivity contribution < 1.29 is 59.7 Å². The van der Waals surface area contributed by atoms with Crippen molar-refractivity contribution >= 4 is 7.82 Å². The van der Waals surface area contributed by atoms with Gasteiger partial charge in [0.1, 0.15) is 36.6 Å². The highest BCUT2D eigenvalue weighted by atomic mass is 31.2. The van der Waals surface area contributed by atoms with Crippen molar-refractivity contribution in [2.75, 3.05) is 19.8 Å². The zero-order chi connectivity index (χ0) is 19.3. The van der Waals surface area contributed by atoms with Gasteiger partial charge < -0.3 is 56.4 Å². The molecule has 1 fully saturated rings. The van der Waals surface area contributed by atoms with Crippen molar-refractivity contribution in [1.82, 2.24) is 0 Å². The molecule has 1 rings (SSSR count). The number of phosphoric ester groups is 1. The van der Waals surface area contributed by atoms with Crippen LogP contribution >= 0.6 is 7.82 Å². The van der Waals surface area contributed by atoms with Crippen LogP contribution in [0.4, 0.5) is 0 Å². The van der Waals surface area contributed by atoms with Gasteiger partial charge in [0.2, 0.25) is 0 Å². The first-order valence-corrected chi connectivity index (χ1v) is 8.12. The first-order chi connectivity index (χ1) is 10.8. The van der Waals surface area contributed by atoms with Gasteiger partial charge in [-0.2, -0.15) is 0 Å². The van der Waals surface area contributed by atoms with Crippen LogP contribution in [0.1, 0.15) is 0 Å². The zero-order valence-electron chi connectivity index (χ0n) is 12.4. The Labute approximate surface area is 136 Å². The highest BCUT2D eigenvalue weighted by Crippen LogP contribution is 2.36. The molecule has 0 unspecified atom stereocenters. The molecule has 24 heavy (non-hydrogen) atoms. The van der Waals surface area contributed by atoms with Gasteiger partial charge in [-0.3, -0.25) is 4.52 Å². The lowest BCUT2D eigenvalue weighted by molar-refractivity contribution is -0.223. The highest BCUT2D eigenvalue weighted by Gasteiger charge is 2.47. The van der Waals surface area contributed by atoms with E-state index in [-0.39, 0.29) is 0 Å². The molecular weight excluding hydrogens is 357 g/mol. The summed E-state index contributed by atoms with van der Waals surface area (Å²) in [7, 11) is -4.59. The molecule has 0 aromatic rings. The summed E-state index contributed by atoms with van der Waals surface area (Å²) in [6.07, 6.45) is -9.84. The number of phosphoric acid groups is 1. The van der Waals surface area contributed by atoms with Crippen LogP contribution in [0.5, 0.6) is 0 Å². The van der Waals surface area contributed by atoms with E-state index in [4.69, 9.17) is 56.4 Å². The predicted molar refractivity (Wildman–Crippen MR) is 75.1 cm³/mol. The zero-order valence-corrected chi connectivity index (χ0v) is 13.3. The lowest BCUT2D eigenvalue weighted by atomic mass is 9.85. The lowest BCUT2D eigenvalue weighted by Crippen LogP contribution is -2.63. The Hall–Kier alpha value is -0.250. The van der Waals surface area contributed by atoms with E-state index in [1.165, 1.54) is 0 Å². The van der Waals surface area contributed by atoms with E-state index < -0.39 is 69.8 Å². The summed E-state index contributed by atoms with van der Waals surface area (Å²) in [6, 6.07) is 0. The first kappa shape index (κ1) is 23.8. The number of nitrogens with two attached hydrogens (primary N) is 1. The van der Waals surface area contributed by atoms with Crippen molar-refractivity contribution in [2.24, 2.45) is 5.73 Å². The Balaban J connectivity index is 0.000000441. The average Bonchev–Trinajstić information content (AvgIpc) is 2.54. The van der Waals surface area contributed by atoms with Crippen molar-refractivity contribution in [3.05, 3.63) is 0 Å². The number of aliphatic hydroxyl groups is 8. The maximum Gasteiger partial charge on any atom is 0.469 e. The number of aliphatic hydroxyl groups excluding tert-OH is 8. The normalized spacial score (nSPS) is 34.5. The SMILES string of the molecule is NC(CO)(CO)COP(=O)(O)O.OC1C(O)C(O)C(O)C(O)C1O. The second-order valence-electron chi connectivity index (χ2n) is 5.39. The summed E-state index contributed by atoms with van der Waals surface area (Å²) in [5.41, 5.74) is 3.72. The van der Waals surface area contributed by atoms with Gasteiger partial charge in [-0.1, -0.05) is 0 Å². The van der Waals surface area contributed by atoms with E-state index >= 15 is 0 Å². The van der Waals surface area contributed by atoms with Gasteiger partial charge in [0.25, 0.3) is 0 Å². The smallest absolute Gasteiger partial charge is 0.394 e. The standard InChI is InChI=1S/C6H12O6.C4H12NO6P/c7-1-2(8)4(10)6(12)5(11)3(1)9;5-4(1-6,2-7)3-11-12(8,9)10/h1-12H;6-7H,1-3,5H2,(H2,8,9,10). The molecule has 0 heterocycles. The second-order valence-corrected chi connectivity index (χ2v) is 6.63. The van der Waals surface area contributed by atoms with Crippen LogP contribution in [0.3, 0.4) is 0 Å². The van der Waals surface area contributed by atoms with Crippen molar-refractivity contribution in [2.45, 2.75) is 42.2 Å². The van der Waals surface area contributed by atoms with Gasteiger partial charge in [-0.25, -0.2) is 4.57 Å². The third kappa shape index (κ3) is 6.93. The molecule has 0 aliphatic heterocycles. The Kier molecular flexibility index (Phi) is 9.35. The molecule has 0 atom stereocenters. The molecule has 1 aliphatic rings. The third-order valence-electron chi connectivity index (χ3n) is 3.25. The van der Waals surface area contributed by atoms with Crippen LogP contribution in [-0.2, 0) is 9.09 Å². The monoisotopic (exact) mass is 381 g/mol. The van der Waals surface area contributed by atoms with Crippen molar-refractivity contribution in [3.8, 4) is 0 Å². The van der Waals surface area contributed by atoms with Crippen LogP contribution in [0, 0.1) is 0 Å². The minimum absolute atomic E-state index is 0.607. The van der Waals surface area contributed by atoms with Crippen LogP contribution in [-0.4, -0.2) is 113 Å². The van der Waals surface area contributed by atoms with Gasteiger partial charge in [-0.05, 0) is 0 Å². The Bertz CT molecular complexity index is 356. The summed E-state index contributed by atoms with van der Waals surface area (Å²) >= 11 is 0. The number of hydrogen-bond donors (Lipinski definition) is 11. The fraction of sp³-hybridized carbons (Fsp3) is 1.00. The number of rotatable bonds is 5. The van der Waals surface area contributed by atoms with Crippen LogP contribution in [0.25, 0.3) is 0 Å². The second kappa shape index (κ2) is 9.45. The summed E-state index contributed by atoms with van der Waals surface area (Å²) in [4.78, 5) is 16.5. The van der Waals surface area contributed by atoms with Crippen molar-refractivity contribution in [1.29, 1.82) is 0 Å². The molecule has 13 nitrogen and oxygen atoms in total. The van der Waals surface area contributed by atoms with E-state index in [1.54, 1.807) is 0 Å². The van der Waals surface area contributed by atoms with Crippen molar-refractivity contribution in [3.63, 3.8) is 0 Å². The molecule has 0 aromatic carbocycles. The third-order valence-corrected chi connectivity index (χ3v) is 3.71. The first-order valence-electron chi connectivity index (χ1n) is 6.58. The maximum atomic E-state index is 10.2. The van der Waals surface area contributed by atoms with Crippen LogP contribution in [0.15, 0.2) is 0 Å². The Morgan fingerprint density at radius 3 is 1.21 bits per heavy atom. The molecule has 0 spiro atoms. The maximum absolute atomic E-state index is 10.2. The lowest BCUT2D eigenvalue weighted by Gasteiger charge is -2.39. The molecule has 1 aliphatic carbocycles. The molecule has 146 valence electrons. The number of hydrogen-bond acceptors (Lipinski definition) is 11. The predicted octanol–water partition coefficient (Wildman–Crippen LogP) is -6.06. The minimum atomic E-state index is -4.59. The van der Waals surface area contributed by atoms with Gasteiger partial charge >= 0.3 is 7.82 Å². The molecule has 12 N–H and O–H groups in total. The summed E-state index contributed by atoms with van der Waals surface area (Å²) < 4.78 is 14.2. The Morgan fingerprint density at radius 1 is 0.792 bits per heavy atom. The minimum Gasteiger partial charge on any atom is -0.394 e. The topological polar surface area (TPSA) is 255 Å². The van der Waals surface area contributed by atoms with E-state index in [9.17, 15) is 4.57 Å². The molecule has 0 bridgehead atoms. The van der Waals surface area contributed by atoms with E-state index in [0.717, 1.165) is 0 Å². The van der Waals surface area contributed by atoms with E-state index in [1.807, 2.05) is 0 Å². The molecule has 14 heteroatoms. The Morgan fingerprint density at radius 2 is 1.04 bits per heavy atom. The molecular formula is C10H24NO12P. The molecule has 0 radical (unpaired) electrons. The molecule has 0 amide bonds. The van der Waals surface area contributed by atoms with E-state index in [2.05, 4.69) is 4.52 Å².